The van der Waals surface area contributed by atoms with Crippen molar-refractivity contribution in [3.8, 4) is 0 Å². The first-order chi connectivity index (χ1) is 11.6. The van der Waals surface area contributed by atoms with Gasteiger partial charge in [0.2, 0.25) is 5.91 Å². The van der Waals surface area contributed by atoms with Crippen LogP contribution in [0.25, 0.3) is 0 Å². The quantitative estimate of drug-likeness (QED) is 0.726. The molecule has 0 radical (unpaired) electrons. The van der Waals surface area contributed by atoms with Crippen LogP contribution in [0.4, 0.5) is 0 Å². The highest BCUT2D eigenvalue weighted by Gasteiger charge is 2.42. The number of amides is 1. The molecule has 0 aromatic carbocycles. The number of carbonyl (C=O) groups excluding carboxylic acids is 1. The summed E-state index contributed by atoms with van der Waals surface area (Å²) < 4.78 is 6.01. The van der Waals surface area contributed by atoms with Gasteiger partial charge in [-0.15, -0.1) is 0 Å². The van der Waals surface area contributed by atoms with Gasteiger partial charge in [-0.05, 0) is 56.3 Å². The molecule has 3 rings (SSSR count). The average Bonchev–Trinajstić information content (AvgIpc) is 3.13. The van der Waals surface area contributed by atoms with Crippen molar-refractivity contribution in [2.75, 3.05) is 19.7 Å². The van der Waals surface area contributed by atoms with Crippen molar-refractivity contribution in [1.29, 1.82) is 0 Å². The van der Waals surface area contributed by atoms with Crippen molar-refractivity contribution < 1.29 is 9.53 Å². The van der Waals surface area contributed by atoms with Crippen LogP contribution in [0.2, 0.25) is 0 Å². The van der Waals surface area contributed by atoms with Crippen molar-refractivity contribution in [2.45, 2.75) is 83.3 Å². The fraction of sp³-hybridized carbons (Fsp3) is 0.950. The number of ether oxygens (including phenoxy) is 1. The van der Waals surface area contributed by atoms with E-state index in [1.807, 2.05) is 0 Å². The molecule has 2 saturated carbocycles. The summed E-state index contributed by atoms with van der Waals surface area (Å²) in [5, 5.41) is 0. The van der Waals surface area contributed by atoms with Gasteiger partial charge >= 0.3 is 0 Å². The van der Waals surface area contributed by atoms with E-state index in [1.54, 1.807) is 0 Å². The van der Waals surface area contributed by atoms with Gasteiger partial charge in [0.1, 0.15) is 0 Å². The zero-order chi connectivity index (χ0) is 16.9. The molecule has 0 aromatic heterocycles. The Labute approximate surface area is 147 Å². The van der Waals surface area contributed by atoms with E-state index >= 15 is 0 Å². The highest BCUT2D eigenvalue weighted by molar-refractivity contribution is 5.76. The van der Waals surface area contributed by atoms with Crippen LogP contribution in [0, 0.1) is 17.8 Å². The Morgan fingerprint density at radius 3 is 2.79 bits per heavy atom. The summed E-state index contributed by atoms with van der Waals surface area (Å²) in [5.74, 6) is 2.42. The predicted molar refractivity (Wildman–Crippen MR) is 96.6 cm³/mol. The number of carbonyl (C=O) groups is 1. The largest absolute Gasteiger partial charge is 0.378 e. The maximum atomic E-state index is 12.4. The summed E-state index contributed by atoms with van der Waals surface area (Å²) in [6.07, 6.45) is 11.9. The Kier molecular flexibility index (Phi) is 6.56. The average molecular weight is 337 g/mol. The lowest BCUT2D eigenvalue weighted by Gasteiger charge is -2.26. The van der Waals surface area contributed by atoms with Crippen molar-refractivity contribution in [2.24, 2.45) is 23.5 Å². The molecule has 2 aliphatic carbocycles. The third-order valence-corrected chi connectivity index (χ3v) is 6.54. The van der Waals surface area contributed by atoms with E-state index in [-0.39, 0.29) is 0 Å². The molecule has 1 amide bonds. The first-order valence-corrected chi connectivity index (χ1v) is 10.3. The molecule has 4 heteroatoms. The number of nitrogens with two attached hydrogens (primary N) is 1. The highest BCUT2D eigenvalue weighted by atomic mass is 16.5. The summed E-state index contributed by atoms with van der Waals surface area (Å²) in [7, 11) is 0. The van der Waals surface area contributed by atoms with Gasteiger partial charge in [-0.2, -0.15) is 0 Å². The Hall–Kier alpha value is -0.610. The topological polar surface area (TPSA) is 55.6 Å². The third kappa shape index (κ3) is 4.72. The minimum absolute atomic E-state index is 0.326. The number of hydrogen-bond acceptors (Lipinski definition) is 3. The number of hydrogen-bond donors (Lipinski definition) is 1. The normalized spacial score (nSPS) is 36.1. The maximum absolute atomic E-state index is 12.4. The number of fused-ring (bicyclic) bond motifs is 1. The molecule has 138 valence electrons. The zero-order valence-corrected chi connectivity index (χ0v) is 15.4. The predicted octanol–water partition coefficient (Wildman–Crippen LogP) is 3.34. The summed E-state index contributed by atoms with van der Waals surface area (Å²) in [6.45, 7) is 5.07. The standard InChI is InChI=1S/C20H36N2O2/c1-15-6-5-7-17(12-15)24-11-4-2-3-8-20(23)22-13-16-9-10-19(21)18(16)14-22/h15-19H,2-14,21H2,1H3. The zero-order valence-electron chi connectivity index (χ0n) is 15.4. The van der Waals surface area contributed by atoms with Gasteiger partial charge < -0.3 is 15.4 Å². The molecule has 1 saturated heterocycles. The lowest BCUT2D eigenvalue weighted by Crippen LogP contribution is -2.33. The van der Waals surface area contributed by atoms with E-state index in [4.69, 9.17) is 10.5 Å². The van der Waals surface area contributed by atoms with Gasteiger partial charge in [-0.1, -0.05) is 26.2 Å². The summed E-state index contributed by atoms with van der Waals surface area (Å²) >= 11 is 0. The number of rotatable bonds is 7. The molecule has 1 aliphatic heterocycles. The lowest BCUT2D eigenvalue weighted by molar-refractivity contribution is -0.130. The minimum atomic E-state index is 0.326. The molecule has 4 nitrogen and oxygen atoms in total. The molecule has 5 unspecified atom stereocenters. The molecule has 2 N–H and O–H groups in total. The highest BCUT2D eigenvalue weighted by Crippen LogP contribution is 2.37. The minimum Gasteiger partial charge on any atom is -0.378 e. The van der Waals surface area contributed by atoms with Crippen LogP contribution >= 0.6 is 0 Å². The van der Waals surface area contributed by atoms with Gasteiger partial charge in [0.05, 0.1) is 6.10 Å². The van der Waals surface area contributed by atoms with Crippen molar-refractivity contribution >= 4 is 5.91 Å². The second-order valence-electron chi connectivity index (χ2n) is 8.54. The van der Waals surface area contributed by atoms with Gasteiger partial charge in [0.15, 0.2) is 0 Å². The first-order valence-electron chi connectivity index (χ1n) is 10.3. The molecule has 0 bridgehead atoms. The van der Waals surface area contributed by atoms with Crippen LogP contribution in [0.5, 0.6) is 0 Å². The Balaban J connectivity index is 1.23. The number of likely N-dealkylation sites (tertiary alicyclic amines) is 1. The van der Waals surface area contributed by atoms with Crippen LogP contribution in [-0.2, 0) is 9.53 Å². The Morgan fingerprint density at radius 2 is 2.00 bits per heavy atom. The van der Waals surface area contributed by atoms with Crippen LogP contribution in [0.3, 0.4) is 0 Å². The van der Waals surface area contributed by atoms with E-state index in [1.165, 1.54) is 32.1 Å². The van der Waals surface area contributed by atoms with Crippen LogP contribution in [0.15, 0.2) is 0 Å². The molecule has 5 atom stereocenters. The summed E-state index contributed by atoms with van der Waals surface area (Å²) in [6, 6.07) is 0.326. The van der Waals surface area contributed by atoms with E-state index in [0.717, 1.165) is 51.3 Å². The van der Waals surface area contributed by atoms with Gasteiger partial charge in [0.25, 0.3) is 0 Å². The monoisotopic (exact) mass is 336 g/mol. The molecule has 3 fully saturated rings. The van der Waals surface area contributed by atoms with Crippen LogP contribution < -0.4 is 5.73 Å². The smallest absolute Gasteiger partial charge is 0.222 e. The molecular weight excluding hydrogens is 300 g/mol. The molecule has 1 heterocycles. The van der Waals surface area contributed by atoms with Crippen LogP contribution in [0.1, 0.15) is 71.1 Å². The van der Waals surface area contributed by atoms with E-state index in [9.17, 15) is 4.79 Å². The first kappa shape index (κ1) is 18.2. The molecule has 0 spiro atoms. The van der Waals surface area contributed by atoms with E-state index in [0.29, 0.717) is 36.3 Å². The van der Waals surface area contributed by atoms with Gasteiger partial charge in [0, 0.05) is 32.2 Å². The fourth-order valence-corrected chi connectivity index (χ4v) is 5.00. The van der Waals surface area contributed by atoms with Crippen molar-refractivity contribution in [1.82, 2.24) is 4.90 Å². The van der Waals surface area contributed by atoms with E-state index in [2.05, 4.69) is 11.8 Å². The Bertz CT molecular complexity index is 414. The number of unbranched alkanes of at least 4 members (excludes halogenated alkanes) is 2. The second kappa shape index (κ2) is 8.66. The van der Waals surface area contributed by atoms with E-state index < -0.39 is 0 Å². The number of nitrogens with zero attached hydrogens (tertiary/aromatic N) is 1. The van der Waals surface area contributed by atoms with Gasteiger partial charge in [-0.3, -0.25) is 4.79 Å². The molecule has 0 aromatic rings. The SMILES string of the molecule is CC1CCCC(OCCCCCC(=O)N2CC3CCC(N)C3C2)C1. The second-order valence-corrected chi connectivity index (χ2v) is 8.54. The third-order valence-electron chi connectivity index (χ3n) is 6.54. The molecular formula is C20H36N2O2. The molecule has 24 heavy (non-hydrogen) atoms. The van der Waals surface area contributed by atoms with Crippen molar-refractivity contribution in [3.05, 3.63) is 0 Å². The summed E-state index contributed by atoms with van der Waals surface area (Å²) in [5.41, 5.74) is 6.16. The van der Waals surface area contributed by atoms with Crippen LogP contribution in [-0.4, -0.2) is 42.6 Å². The van der Waals surface area contributed by atoms with Gasteiger partial charge in [-0.25, -0.2) is 0 Å². The van der Waals surface area contributed by atoms with Crippen molar-refractivity contribution in [3.63, 3.8) is 0 Å². The Morgan fingerprint density at radius 1 is 1.12 bits per heavy atom. The summed E-state index contributed by atoms with van der Waals surface area (Å²) in [4.78, 5) is 14.4. The molecule has 3 aliphatic rings. The fourth-order valence-electron chi connectivity index (χ4n) is 5.00. The lowest BCUT2D eigenvalue weighted by atomic mass is 9.89. The maximum Gasteiger partial charge on any atom is 0.222 e.